The summed E-state index contributed by atoms with van der Waals surface area (Å²) >= 11 is 2.68. The molecule has 19 heavy (non-hydrogen) atoms. The zero-order valence-electron chi connectivity index (χ0n) is 10.0. The quantitative estimate of drug-likeness (QED) is 0.281. The number of hydrogen-bond acceptors (Lipinski definition) is 7. The van der Waals surface area contributed by atoms with Crippen LogP contribution in [-0.2, 0) is 9.59 Å². The topological polar surface area (TPSA) is 110 Å². The van der Waals surface area contributed by atoms with Crippen LogP contribution in [0.25, 0.3) is 0 Å². The first kappa shape index (κ1) is 14.5. The Kier molecular flexibility index (Phi) is 4.26. The molecule has 2 aliphatic rings. The largest absolute Gasteiger partial charge is 0.480 e. The molecule has 2 fully saturated rings. The molecule has 0 aromatic heterocycles. The number of amides is 1. The zero-order chi connectivity index (χ0) is 14.2. The van der Waals surface area contributed by atoms with Crippen LogP contribution < -0.4 is 0 Å². The smallest absolute Gasteiger partial charge is 0.328 e. The standard InChI is InChI=1S/C10H14N2O5S2/c1-4(13)5-7(14)12-6(9(15)16)10(19-8(5)12)18-3-2-11-17/h2,4-6,8,10,13,17H,3H2,1H3,(H,15,16)/t4?,5-,6-,8-,10-/m1/s1. The van der Waals surface area contributed by atoms with E-state index in [4.69, 9.17) is 5.21 Å². The number of thioether (sulfide) groups is 2. The van der Waals surface area contributed by atoms with Gasteiger partial charge >= 0.3 is 5.97 Å². The predicted octanol–water partition coefficient (Wildman–Crippen LogP) is -0.129. The van der Waals surface area contributed by atoms with Crippen LogP contribution in [0, 0.1) is 5.92 Å². The van der Waals surface area contributed by atoms with Gasteiger partial charge in [0.15, 0.2) is 6.04 Å². The third-order valence-electron chi connectivity index (χ3n) is 3.14. The van der Waals surface area contributed by atoms with E-state index in [2.05, 4.69) is 5.16 Å². The molecule has 0 radical (unpaired) electrons. The van der Waals surface area contributed by atoms with E-state index in [9.17, 15) is 19.8 Å². The summed E-state index contributed by atoms with van der Waals surface area (Å²) in [6, 6.07) is -0.894. The highest BCUT2D eigenvalue weighted by atomic mass is 32.2. The van der Waals surface area contributed by atoms with Gasteiger partial charge < -0.3 is 20.3 Å². The fraction of sp³-hybridized carbons (Fsp3) is 0.700. The van der Waals surface area contributed by atoms with Crippen molar-refractivity contribution in [3.05, 3.63) is 0 Å². The zero-order valence-corrected chi connectivity index (χ0v) is 11.7. The first-order valence-electron chi connectivity index (χ1n) is 5.65. The number of rotatable bonds is 5. The van der Waals surface area contributed by atoms with E-state index in [-0.39, 0.29) is 15.9 Å². The van der Waals surface area contributed by atoms with Crippen LogP contribution in [0.5, 0.6) is 0 Å². The molecule has 7 nitrogen and oxygen atoms in total. The molecular weight excluding hydrogens is 292 g/mol. The van der Waals surface area contributed by atoms with Gasteiger partial charge in [0, 0.05) is 5.75 Å². The van der Waals surface area contributed by atoms with Crippen LogP contribution in [-0.4, -0.2) is 66.3 Å². The molecule has 2 saturated heterocycles. The van der Waals surface area contributed by atoms with Crippen LogP contribution in [0.1, 0.15) is 6.92 Å². The molecule has 0 aromatic rings. The molecule has 2 aliphatic heterocycles. The van der Waals surface area contributed by atoms with Gasteiger partial charge in [0.25, 0.3) is 0 Å². The van der Waals surface area contributed by atoms with Crippen molar-refractivity contribution in [2.75, 3.05) is 5.75 Å². The number of carbonyl (C=O) groups is 2. The van der Waals surface area contributed by atoms with E-state index in [1.807, 2.05) is 0 Å². The minimum atomic E-state index is -1.05. The van der Waals surface area contributed by atoms with E-state index in [0.29, 0.717) is 5.75 Å². The van der Waals surface area contributed by atoms with Crippen molar-refractivity contribution in [2.24, 2.45) is 11.1 Å². The van der Waals surface area contributed by atoms with E-state index in [0.717, 1.165) is 0 Å². The first-order valence-corrected chi connectivity index (χ1v) is 7.64. The number of aliphatic carboxylic acids is 1. The summed E-state index contributed by atoms with van der Waals surface area (Å²) in [4.78, 5) is 24.5. The molecular formula is C10H14N2O5S2. The van der Waals surface area contributed by atoms with Crippen LogP contribution in [0.4, 0.5) is 0 Å². The lowest BCUT2D eigenvalue weighted by Gasteiger charge is -2.44. The highest BCUT2D eigenvalue weighted by Crippen LogP contribution is 2.51. The number of aliphatic hydroxyl groups excluding tert-OH is 1. The summed E-state index contributed by atoms with van der Waals surface area (Å²) in [5.41, 5.74) is 0. The van der Waals surface area contributed by atoms with Crippen LogP contribution >= 0.6 is 23.5 Å². The summed E-state index contributed by atoms with van der Waals surface area (Å²) in [7, 11) is 0. The first-order chi connectivity index (χ1) is 8.99. The van der Waals surface area contributed by atoms with E-state index in [1.165, 1.54) is 41.6 Å². The van der Waals surface area contributed by atoms with Gasteiger partial charge in [0.1, 0.15) is 0 Å². The lowest BCUT2D eigenvalue weighted by atomic mass is 9.91. The van der Waals surface area contributed by atoms with Crippen molar-refractivity contribution in [3.8, 4) is 0 Å². The molecule has 9 heteroatoms. The van der Waals surface area contributed by atoms with E-state index in [1.54, 1.807) is 0 Å². The van der Waals surface area contributed by atoms with Gasteiger partial charge in [-0.25, -0.2) is 4.79 Å². The maximum Gasteiger partial charge on any atom is 0.328 e. The molecule has 0 bridgehead atoms. The Morgan fingerprint density at radius 2 is 2.37 bits per heavy atom. The van der Waals surface area contributed by atoms with Crippen molar-refractivity contribution in [2.45, 2.75) is 29.0 Å². The maximum atomic E-state index is 11.9. The third kappa shape index (κ3) is 2.41. The Bertz CT molecular complexity index is 417. The number of aliphatic hydroxyl groups is 1. The number of fused-ring (bicyclic) bond motifs is 1. The molecule has 0 saturated carbocycles. The summed E-state index contributed by atoms with van der Waals surface area (Å²) in [5.74, 6) is -1.51. The van der Waals surface area contributed by atoms with Crippen molar-refractivity contribution < 1.29 is 25.0 Å². The molecule has 0 aliphatic carbocycles. The Labute approximate surface area is 118 Å². The summed E-state index contributed by atoms with van der Waals surface area (Å²) in [6.07, 6.45) is 0.492. The molecule has 1 unspecified atom stereocenters. The van der Waals surface area contributed by atoms with Gasteiger partial charge in [-0.05, 0) is 6.92 Å². The minimum absolute atomic E-state index is 0.280. The molecule has 5 atom stereocenters. The molecule has 106 valence electrons. The van der Waals surface area contributed by atoms with Crippen LogP contribution in [0.2, 0.25) is 0 Å². The normalized spacial score (nSPS) is 35.3. The van der Waals surface area contributed by atoms with Gasteiger partial charge in [-0.15, -0.1) is 28.7 Å². The maximum absolute atomic E-state index is 11.9. The van der Waals surface area contributed by atoms with Crippen molar-refractivity contribution in [1.82, 2.24) is 4.90 Å². The van der Waals surface area contributed by atoms with Crippen molar-refractivity contribution in [1.29, 1.82) is 0 Å². The molecule has 2 heterocycles. The fourth-order valence-electron chi connectivity index (χ4n) is 2.28. The molecule has 0 spiro atoms. The second kappa shape index (κ2) is 5.59. The van der Waals surface area contributed by atoms with Crippen molar-refractivity contribution in [3.63, 3.8) is 0 Å². The van der Waals surface area contributed by atoms with Crippen molar-refractivity contribution >= 4 is 41.6 Å². The lowest BCUT2D eigenvalue weighted by molar-refractivity contribution is -0.166. The average Bonchev–Trinajstić information content (AvgIpc) is 2.64. The Morgan fingerprint density at radius 1 is 1.68 bits per heavy atom. The lowest BCUT2D eigenvalue weighted by Crippen LogP contribution is -2.64. The molecule has 2 rings (SSSR count). The highest BCUT2D eigenvalue weighted by Gasteiger charge is 2.61. The van der Waals surface area contributed by atoms with Gasteiger partial charge in [0.2, 0.25) is 5.91 Å². The summed E-state index contributed by atoms with van der Waals surface area (Å²) < 4.78 is -0.326. The van der Waals surface area contributed by atoms with Gasteiger partial charge in [-0.1, -0.05) is 0 Å². The fourth-order valence-corrected chi connectivity index (χ4v) is 5.49. The van der Waals surface area contributed by atoms with Gasteiger partial charge in [-0.2, -0.15) is 0 Å². The van der Waals surface area contributed by atoms with E-state index < -0.39 is 24.0 Å². The molecule has 1 amide bonds. The third-order valence-corrected chi connectivity index (χ3v) is 6.14. The van der Waals surface area contributed by atoms with E-state index >= 15 is 0 Å². The average molecular weight is 306 g/mol. The molecule has 0 aromatic carbocycles. The monoisotopic (exact) mass is 306 g/mol. The highest BCUT2D eigenvalue weighted by molar-refractivity contribution is 8.17. The number of nitrogens with zero attached hydrogens (tertiary/aromatic N) is 2. The number of β-lactam (4-membered cyclic amide) rings is 1. The molecule has 3 N–H and O–H groups in total. The predicted molar refractivity (Wildman–Crippen MR) is 71.3 cm³/mol. The summed E-state index contributed by atoms with van der Waals surface area (Å²) in [5, 5.41) is 29.7. The number of carboxylic acids is 1. The number of carbonyl (C=O) groups excluding carboxylic acids is 1. The van der Waals surface area contributed by atoms with Crippen LogP contribution in [0.15, 0.2) is 5.16 Å². The SMILES string of the molecule is CC(O)[C@@H]1C(=O)N2[C@@H]1S[C@@H](SCC=NO)[C@H]2C(=O)O. The summed E-state index contributed by atoms with van der Waals surface area (Å²) in [6.45, 7) is 1.54. The second-order valence-electron chi connectivity index (χ2n) is 4.32. The minimum Gasteiger partial charge on any atom is -0.480 e. The number of oxime groups is 1. The van der Waals surface area contributed by atoms with Gasteiger partial charge in [0.05, 0.1) is 28.2 Å². The number of carboxylic acid groups (broad SMARTS) is 1. The van der Waals surface area contributed by atoms with Gasteiger partial charge in [-0.3, -0.25) is 4.79 Å². The Hall–Kier alpha value is -0.930. The number of hydrogen-bond donors (Lipinski definition) is 3. The Balaban J connectivity index is 2.10. The van der Waals surface area contributed by atoms with Crippen LogP contribution in [0.3, 0.4) is 0 Å². The second-order valence-corrected chi connectivity index (χ2v) is 7.06. The Morgan fingerprint density at radius 3 is 2.89 bits per heavy atom.